The van der Waals surface area contributed by atoms with Crippen molar-refractivity contribution in [2.24, 2.45) is 5.92 Å². The number of rotatable bonds is 7. The first-order chi connectivity index (χ1) is 13.8. The van der Waals surface area contributed by atoms with Gasteiger partial charge in [0.2, 0.25) is 0 Å². The van der Waals surface area contributed by atoms with Crippen LogP contribution >= 0.6 is 23.4 Å². The van der Waals surface area contributed by atoms with E-state index in [0.29, 0.717) is 39.1 Å². The van der Waals surface area contributed by atoms with Crippen LogP contribution in [0.2, 0.25) is 5.02 Å². The number of carbonyl (C=O) groups is 2. The minimum absolute atomic E-state index is 0.162. The van der Waals surface area contributed by atoms with Gasteiger partial charge in [0.05, 0.1) is 24.7 Å². The standard InChI is InChI=1S/C22H22ClNO4S/c1-13(2)12-24-21(25)19(14-5-10-17(27-3)18(11-14)28-4)20(22(24)26)29-16-8-6-15(23)7-9-16/h5-11,13H,12H2,1-4H3. The summed E-state index contributed by atoms with van der Waals surface area (Å²) in [5.41, 5.74) is 0.986. The molecule has 2 aromatic rings. The highest BCUT2D eigenvalue weighted by Crippen LogP contribution is 2.42. The number of benzene rings is 2. The van der Waals surface area contributed by atoms with Crippen molar-refractivity contribution >= 4 is 40.8 Å². The molecule has 0 aromatic heterocycles. The Bertz CT molecular complexity index is 969. The first kappa shape index (κ1) is 21.3. The van der Waals surface area contributed by atoms with Gasteiger partial charge >= 0.3 is 0 Å². The lowest BCUT2D eigenvalue weighted by atomic mass is 10.1. The number of ether oxygens (including phenoxy) is 2. The predicted molar refractivity (Wildman–Crippen MR) is 115 cm³/mol. The van der Waals surface area contributed by atoms with Crippen molar-refractivity contribution in [1.29, 1.82) is 0 Å². The van der Waals surface area contributed by atoms with Crippen LogP contribution in [0.5, 0.6) is 11.5 Å². The van der Waals surface area contributed by atoms with Crippen LogP contribution in [0.15, 0.2) is 52.3 Å². The van der Waals surface area contributed by atoms with Crippen molar-refractivity contribution in [3.63, 3.8) is 0 Å². The first-order valence-corrected chi connectivity index (χ1v) is 10.3. The van der Waals surface area contributed by atoms with E-state index in [4.69, 9.17) is 21.1 Å². The fraction of sp³-hybridized carbons (Fsp3) is 0.273. The number of methoxy groups -OCH3 is 2. The van der Waals surface area contributed by atoms with E-state index in [1.807, 2.05) is 26.0 Å². The number of amides is 2. The molecule has 0 radical (unpaired) electrons. The molecule has 2 aromatic carbocycles. The average Bonchev–Trinajstić information content (AvgIpc) is 2.93. The smallest absolute Gasteiger partial charge is 0.268 e. The molecule has 29 heavy (non-hydrogen) atoms. The van der Waals surface area contributed by atoms with Crippen LogP contribution in [-0.2, 0) is 9.59 Å². The molecule has 0 spiro atoms. The lowest BCUT2D eigenvalue weighted by molar-refractivity contribution is -0.137. The fourth-order valence-electron chi connectivity index (χ4n) is 3.05. The summed E-state index contributed by atoms with van der Waals surface area (Å²) in [4.78, 5) is 28.9. The number of hydrogen-bond donors (Lipinski definition) is 0. The quantitative estimate of drug-likeness (QED) is 0.584. The molecule has 0 fully saturated rings. The van der Waals surface area contributed by atoms with Crippen LogP contribution in [-0.4, -0.2) is 37.5 Å². The number of halogens is 1. The molecule has 1 aliphatic heterocycles. The molecule has 0 saturated carbocycles. The number of hydrogen-bond acceptors (Lipinski definition) is 5. The Kier molecular flexibility index (Phi) is 6.55. The van der Waals surface area contributed by atoms with Crippen molar-refractivity contribution in [3.8, 4) is 11.5 Å². The third-order valence-corrected chi connectivity index (χ3v) is 5.72. The van der Waals surface area contributed by atoms with E-state index >= 15 is 0 Å². The maximum Gasteiger partial charge on any atom is 0.268 e. The van der Waals surface area contributed by atoms with Crippen LogP contribution in [0.1, 0.15) is 19.4 Å². The Morgan fingerprint density at radius 3 is 2.21 bits per heavy atom. The van der Waals surface area contributed by atoms with Crippen LogP contribution < -0.4 is 9.47 Å². The van der Waals surface area contributed by atoms with Gasteiger partial charge in [-0.05, 0) is 47.9 Å². The topological polar surface area (TPSA) is 55.8 Å². The zero-order chi connectivity index (χ0) is 21.1. The minimum Gasteiger partial charge on any atom is -0.493 e. The molecule has 2 amide bonds. The van der Waals surface area contributed by atoms with Gasteiger partial charge in [0, 0.05) is 16.5 Å². The van der Waals surface area contributed by atoms with Gasteiger partial charge in [-0.25, -0.2) is 0 Å². The first-order valence-electron chi connectivity index (χ1n) is 9.12. The largest absolute Gasteiger partial charge is 0.493 e. The van der Waals surface area contributed by atoms with Crippen molar-refractivity contribution in [2.45, 2.75) is 18.7 Å². The van der Waals surface area contributed by atoms with Gasteiger partial charge in [0.25, 0.3) is 11.8 Å². The summed E-state index contributed by atoms with van der Waals surface area (Å²) in [5, 5.41) is 0.610. The van der Waals surface area contributed by atoms with Gasteiger partial charge in [0.15, 0.2) is 11.5 Å². The molecule has 0 N–H and O–H groups in total. The zero-order valence-corrected chi connectivity index (χ0v) is 18.3. The Morgan fingerprint density at radius 2 is 1.62 bits per heavy atom. The molecule has 5 nitrogen and oxygen atoms in total. The van der Waals surface area contributed by atoms with Crippen LogP contribution in [0.3, 0.4) is 0 Å². The molecule has 1 aliphatic rings. The lowest BCUT2D eigenvalue weighted by Gasteiger charge is -2.17. The van der Waals surface area contributed by atoms with Crippen LogP contribution in [0.4, 0.5) is 0 Å². The van der Waals surface area contributed by atoms with E-state index in [1.54, 1.807) is 37.4 Å². The van der Waals surface area contributed by atoms with Crippen LogP contribution in [0, 0.1) is 5.92 Å². The summed E-state index contributed by atoms with van der Waals surface area (Å²) in [6, 6.07) is 12.4. The second-order valence-electron chi connectivity index (χ2n) is 6.94. The minimum atomic E-state index is -0.299. The van der Waals surface area contributed by atoms with Crippen molar-refractivity contribution in [1.82, 2.24) is 4.90 Å². The molecular formula is C22H22ClNO4S. The molecule has 0 atom stereocenters. The summed E-state index contributed by atoms with van der Waals surface area (Å²) in [6.07, 6.45) is 0. The SMILES string of the molecule is COc1ccc(C2=C(Sc3ccc(Cl)cc3)C(=O)N(CC(C)C)C2=O)cc1OC. The third-order valence-electron chi connectivity index (χ3n) is 4.38. The van der Waals surface area contributed by atoms with Gasteiger partial charge in [-0.2, -0.15) is 0 Å². The molecule has 0 saturated heterocycles. The maximum absolute atomic E-state index is 13.2. The van der Waals surface area contributed by atoms with Gasteiger partial charge in [-0.1, -0.05) is 43.3 Å². The van der Waals surface area contributed by atoms with E-state index in [0.717, 1.165) is 4.90 Å². The van der Waals surface area contributed by atoms with Crippen molar-refractivity contribution in [2.75, 3.05) is 20.8 Å². The second kappa shape index (κ2) is 8.93. The predicted octanol–water partition coefficient (Wildman–Crippen LogP) is 4.89. The fourth-order valence-corrected chi connectivity index (χ4v) is 4.18. The van der Waals surface area contributed by atoms with Gasteiger partial charge in [0.1, 0.15) is 0 Å². The average molecular weight is 432 g/mol. The highest BCUT2D eigenvalue weighted by Gasteiger charge is 2.39. The normalized spacial score (nSPS) is 14.2. The molecular weight excluding hydrogens is 410 g/mol. The van der Waals surface area contributed by atoms with E-state index in [9.17, 15) is 9.59 Å². The molecule has 7 heteroatoms. The molecule has 0 unspecified atom stereocenters. The summed E-state index contributed by atoms with van der Waals surface area (Å²) < 4.78 is 10.7. The highest BCUT2D eigenvalue weighted by atomic mass is 35.5. The molecule has 0 bridgehead atoms. The molecule has 3 rings (SSSR count). The number of carbonyl (C=O) groups excluding carboxylic acids is 2. The van der Waals surface area contributed by atoms with E-state index < -0.39 is 0 Å². The Labute approximate surface area is 179 Å². The molecule has 0 aliphatic carbocycles. The highest BCUT2D eigenvalue weighted by molar-refractivity contribution is 8.04. The van der Waals surface area contributed by atoms with Gasteiger partial charge in [-0.15, -0.1) is 0 Å². The van der Waals surface area contributed by atoms with Gasteiger partial charge < -0.3 is 9.47 Å². The van der Waals surface area contributed by atoms with E-state index in [-0.39, 0.29) is 17.7 Å². The summed E-state index contributed by atoms with van der Waals surface area (Å²) >= 11 is 7.24. The monoisotopic (exact) mass is 431 g/mol. The number of imide groups is 1. The van der Waals surface area contributed by atoms with Crippen LogP contribution in [0.25, 0.3) is 5.57 Å². The van der Waals surface area contributed by atoms with E-state index in [2.05, 4.69) is 0 Å². The second-order valence-corrected chi connectivity index (χ2v) is 8.46. The summed E-state index contributed by atoms with van der Waals surface area (Å²) in [6.45, 7) is 4.31. The molecule has 152 valence electrons. The zero-order valence-electron chi connectivity index (χ0n) is 16.7. The summed E-state index contributed by atoms with van der Waals surface area (Å²) in [7, 11) is 3.08. The van der Waals surface area contributed by atoms with Gasteiger partial charge in [-0.3, -0.25) is 14.5 Å². The third kappa shape index (κ3) is 4.43. The molecule has 1 heterocycles. The van der Waals surface area contributed by atoms with Crippen molar-refractivity contribution < 1.29 is 19.1 Å². The maximum atomic E-state index is 13.2. The number of nitrogens with zero attached hydrogens (tertiary/aromatic N) is 1. The van der Waals surface area contributed by atoms with Crippen molar-refractivity contribution in [3.05, 3.63) is 58.0 Å². The Balaban J connectivity index is 2.10. The summed E-state index contributed by atoms with van der Waals surface area (Å²) in [5.74, 6) is 0.630. The Morgan fingerprint density at radius 1 is 0.966 bits per heavy atom. The lowest BCUT2D eigenvalue weighted by Crippen LogP contribution is -2.34. The van der Waals surface area contributed by atoms with E-state index in [1.165, 1.54) is 23.8 Å². The Hall–Kier alpha value is -2.44. The number of thioether (sulfide) groups is 1.